The molecule has 0 bridgehead atoms. The second kappa shape index (κ2) is 12.1. The average molecular weight is 626 g/mol. The number of ketones is 3. The quantitative estimate of drug-likeness (QED) is 0.185. The van der Waals surface area contributed by atoms with Crippen molar-refractivity contribution in [3.63, 3.8) is 0 Å². The Hall–Kier alpha value is -4.45. The number of phenolic OH excluding ortho intramolecular Hbond substituents is 2. The number of nitrogens with two attached hydrogens (primary N) is 1. The molecule has 4 aromatic rings. The van der Waals surface area contributed by atoms with Crippen LogP contribution in [0.5, 0.6) is 11.5 Å². The number of aromatic hydroxyl groups is 2. The SMILES string of the molecule is CC(=O)[C@]1(O)Cc2c(O)c3c(c(O)c2[C@@H](O[C@H]2C[C@H](N)[C@H](O)[C@H](C)O2)C1)C(=O)c1ccccc1C3=O.c1ccc2ccccc2c1. The topological polar surface area (TPSA) is 177 Å². The lowest BCUT2D eigenvalue weighted by molar-refractivity contribution is -0.247. The van der Waals surface area contributed by atoms with Crippen LogP contribution in [0.3, 0.4) is 0 Å². The smallest absolute Gasteiger partial charge is 0.198 e. The summed E-state index contributed by atoms with van der Waals surface area (Å²) in [6, 6.07) is 22.1. The molecule has 1 saturated heterocycles. The maximum atomic E-state index is 13.3. The van der Waals surface area contributed by atoms with Crippen LogP contribution in [0.25, 0.3) is 10.8 Å². The number of phenols is 2. The van der Waals surface area contributed by atoms with Crippen LogP contribution in [0.4, 0.5) is 0 Å². The number of carbonyl (C=O) groups excluding carboxylic acids is 3. The number of carbonyl (C=O) groups is 3. The molecular weight excluding hydrogens is 590 g/mol. The minimum atomic E-state index is -1.97. The molecule has 238 valence electrons. The summed E-state index contributed by atoms with van der Waals surface area (Å²) < 4.78 is 11.8. The zero-order valence-corrected chi connectivity index (χ0v) is 25.3. The van der Waals surface area contributed by atoms with Gasteiger partial charge >= 0.3 is 0 Å². The molecule has 46 heavy (non-hydrogen) atoms. The summed E-state index contributed by atoms with van der Waals surface area (Å²) in [5, 5.41) is 46.4. The van der Waals surface area contributed by atoms with E-state index in [2.05, 4.69) is 48.5 Å². The van der Waals surface area contributed by atoms with Gasteiger partial charge in [-0.3, -0.25) is 14.4 Å². The third-order valence-electron chi connectivity index (χ3n) is 9.16. The van der Waals surface area contributed by atoms with E-state index >= 15 is 0 Å². The second-order valence-electron chi connectivity index (χ2n) is 12.1. The molecule has 6 N–H and O–H groups in total. The number of Topliss-reactive ketones (excluding diaryl/α,β-unsaturated/α-hetero) is 1. The molecule has 10 heteroatoms. The fourth-order valence-electron chi connectivity index (χ4n) is 6.56. The van der Waals surface area contributed by atoms with Gasteiger partial charge in [0, 0.05) is 47.6 Å². The Morgan fingerprint density at radius 3 is 1.89 bits per heavy atom. The lowest BCUT2D eigenvalue weighted by Crippen LogP contribution is -2.52. The maximum Gasteiger partial charge on any atom is 0.198 e. The van der Waals surface area contributed by atoms with Crippen LogP contribution in [-0.4, -0.2) is 67.9 Å². The summed E-state index contributed by atoms with van der Waals surface area (Å²) in [6.07, 6.45) is -4.38. The summed E-state index contributed by atoms with van der Waals surface area (Å²) in [4.78, 5) is 39.0. The van der Waals surface area contributed by atoms with Crippen LogP contribution < -0.4 is 5.73 Å². The Morgan fingerprint density at radius 2 is 1.39 bits per heavy atom. The Bertz CT molecular complexity index is 1790. The van der Waals surface area contributed by atoms with Gasteiger partial charge in [-0.15, -0.1) is 0 Å². The van der Waals surface area contributed by atoms with E-state index in [1.807, 2.05) is 0 Å². The van der Waals surface area contributed by atoms with Crippen LogP contribution in [-0.2, 0) is 20.7 Å². The molecule has 1 fully saturated rings. The number of aliphatic hydroxyl groups excluding tert-OH is 1. The van der Waals surface area contributed by atoms with E-state index in [9.17, 15) is 34.8 Å². The molecular formula is C36H35NO9. The third kappa shape index (κ3) is 5.38. The van der Waals surface area contributed by atoms with Crippen molar-refractivity contribution in [3.8, 4) is 11.5 Å². The van der Waals surface area contributed by atoms with Gasteiger partial charge < -0.3 is 35.6 Å². The molecule has 4 aromatic carbocycles. The molecule has 6 atom stereocenters. The number of ether oxygens (including phenoxy) is 2. The van der Waals surface area contributed by atoms with E-state index in [1.165, 1.54) is 29.8 Å². The fourth-order valence-corrected chi connectivity index (χ4v) is 6.56. The molecule has 1 heterocycles. The summed E-state index contributed by atoms with van der Waals surface area (Å²) >= 11 is 0. The highest BCUT2D eigenvalue weighted by molar-refractivity contribution is 6.30. The third-order valence-corrected chi connectivity index (χ3v) is 9.16. The van der Waals surface area contributed by atoms with Gasteiger partial charge in [0.25, 0.3) is 0 Å². The number of fused-ring (bicyclic) bond motifs is 4. The number of benzene rings is 4. The molecule has 1 aliphatic heterocycles. The van der Waals surface area contributed by atoms with Crippen molar-refractivity contribution in [1.82, 2.24) is 0 Å². The van der Waals surface area contributed by atoms with Crippen LogP contribution in [0.15, 0.2) is 72.8 Å². The van der Waals surface area contributed by atoms with Crippen molar-refractivity contribution in [2.45, 2.75) is 69.4 Å². The molecule has 0 aromatic heterocycles. The van der Waals surface area contributed by atoms with Crippen molar-refractivity contribution in [2.24, 2.45) is 5.73 Å². The first-order valence-electron chi connectivity index (χ1n) is 15.1. The summed E-state index contributed by atoms with van der Waals surface area (Å²) in [6.45, 7) is 2.80. The van der Waals surface area contributed by atoms with Crippen molar-refractivity contribution in [2.75, 3.05) is 0 Å². The van der Waals surface area contributed by atoms with Crippen molar-refractivity contribution in [1.29, 1.82) is 0 Å². The van der Waals surface area contributed by atoms with E-state index < -0.39 is 71.5 Å². The first kappa shape index (κ1) is 31.5. The highest BCUT2D eigenvalue weighted by atomic mass is 16.7. The molecule has 0 spiro atoms. The van der Waals surface area contributed by atoms with Gasteiger partial charge in [-0.25, -0.2) is 0 Å². The average Bonchev–Trinajstić information content (AvgIpc) is 3.04. The summed E-state index contributed by atoms with van der Waals surface area (Å²) in [5.74, 6) is -3.06. The molecule has 7 rings (SSSR count). The molecule has 0 saturated carbocycles. The van der Waals surface area contributed by atoms with Gasteiger partial charge in [0.2, 0.25) is 0 Å². The van der Waals surface area contributed by atoms with Crippen LogP contribution in [0.2, 0.25) is 0 Å². The van der Waals surface area contributed by atoms with Crippen LogP contribution >= 0.6 is 0 Å². The summed E-state index contributed by atoms with van der Waals surface area (Å²) in [5.41, 5.74) is 3.38. The predicted molar refractivity (Wildman–Crippen MR) is 168 cm³/mol. The van der Waals surface area contributed by atoms with Gasteiger partial charge in [0.05, 0.1) is 29.4 Å². The van der Waals surface area contributed by atoms with E-state index in [0.29, 0.717) is 0 Å². The normalized spacial score (nSPS) is 26.8. The van der Waals surface area contributed by atoms with E-state index in [4.69, 9.17) is 15.2 Å². The van der Waals surface area contributed by atoms with Gasteiger partial charge in [0.15, 0.2) is 23.6 Å². The number of hydrogen-bond donors (Lipinski definition) is 5. The molecule has 0 radical (unpaired) electrons. The molecule has 3 aliphatic rings. The Labute approximate surface area is 265 Å². The van der Waals surface area contributed by atoms with Crippen molar-refractivity contribution >= 4 is 28.1 Å². The number of aliphatic hydroxyl groups is 2. The van der Waals surface area contributed by atoms with E-state index in [0.717, 1.165) is 0 Å². The lowest BCUT2D eigenvalue weighted by Gasteiger charge is -2.42. The summed E-state index contributed by atoms with van der Waals surface area (Å²) in [7, 11) is 0. The van der Waals surface area contributed by atoms with E-state index in [-0.39, 0.29) is 46.2 Å². The minimum Gasteiger partial charge on any atom is -0.507 e. The predicted octanol–water partition coefficient (Wildman–Crippen LogP) is 3.86. The zero-order chi connectivity index (χ0) is 32.9. The van der Waals surface area contributed by atoms with Gasteiger partial charge in [-0.1, -0.05) is 72.8 Å². The first-order chi connectivity index (χ1) is 21.9. The van der Waals surface area contributed by atoms with E-state index in [1.54, 1.807) is 19.1 Å². The highest BCUT2D eigenvalue weighted by Crippen LogP contribution is 2.52. The standard InChI is InChI=1S/C26H27NO9.C10H8/c1-10-21(29)15(27)7-17(35-10)36-16-9-26(34,11(2)28)8-14-18(16)25(33)20-19(24(14)32)22(30)12-5-3-4-6-13(12)23(20)31;1-2-6-10-8-4-3-7-9(10)5-1/h3-6,10,15-17,21,29,32-34H,7-9,27H2,1-2H3;1-8H/t10-,15-,16-,17-,21+,26-;/m0./s1. The number of hydrogen-bond acceptors (Lipinski definition) is 10. The zero-order valence-electron chi connectivity index (χ0n) is 25.3. The minimum absolute atomic E-state index is 0.00588. The lowest BCUT2D eigenvalue weighted by atomic mass is 9.72. The van der Waals surface area contributed by atoms with Crippen LogP contribution in [0.1, 0.15) is 75.8 Å². The largest absolute Gasteiger partial charge is 0.507 e. The highest BCUT2D eigenvalue weighted by Gasteiger charge is 2.49. The molecule has 0 unspecified atom stereocenters. The van der Waals surface area contributed by atoms with Crippen molar-refractivity contribution < 1.29 is 44.3 Å². The fraction of sp³-hybridized carbons (Fsp3) is 0.306. The first-order valence-corrected chi connectivity index (χ1v) is 15.1. The Kier molecular flexibility index (Phi) is 8.26. The van der Waals surface area contributed by atoms with Gasteiger partial charge in [-0.2, -0.15) is 0 Å². The Morgan fingerprint density at radius 1 is 0.891 bits per heavy atom. The second-order valence-corrected chi connectivity index (χ2v) is 12.1. The maximum absolute atomic E-state index is 13.3. The Balaban J connectivity index is 0.000000314. The monoisotopic (exact) mass is 625 g/mol. The molecule has 0 amide bonds. The van der Waals surface area contributed by atoms with Gasteiger partial charge in [-0.05, 0) is 24.6 Å². The van der Waals surface area contributed by atoms with Crippen LogP contribution in [0, 0.1) is 0 Å². The van der Waals surface area contributed by atoms with Crippen molar-refractivity contribution in [3.05, 3.63) is 106 Å². The molecule has 10 nitrogen and oxygen atoms in total. The molecule has 2 aliphatic carbocycles. The number of rotatable bonds is 3. The van der Waals surface area contributed by atoms with Gasteiger partial charge in [0.1, 0.15) is 17.1 Å².